The molecule has 2 aliphatic heterocycles. The largest absolute Gasteiger partial charge is 0.378 e. The van der Waals surface area contributed by atoms with Crippen molar-refractivity contribution in [2.24, 2.45) is 0 Å². The minimum Gasteiger partial charge on any atom is -0.378 e. The number of aryl methyl sites for hydroxylation is 1. The van der Waals surface area contributed by atoms with Gasteiger partial charge in [-0.2, -0.15) is 0 Å². The highest BCUT2D eigenvalue weighted by atomic mass is 32.2. The van der Waals surface area contributed by atoms with Crippen molar-refractivity contribution >= 4 is 51.7 Å². The number of thiocarbonyl (C=S) groups is 1. The molecule has 4 rings (SSSR count). The number of aromatic nitrogens is 2. The zero-order valence-corrected chi connectivity index (χ0v) is 17.6. The molecule has 1 amide bonds. The number of nitrogens with zero attached hydrogens (tertiary/aromatic N) is 4. The maximum absolute atomic E-state index is 13.4. The summed E-state index contributed by atoms with van der Waals surface area (Å²) in [5, 5.41) is 0. The van der Waals surface area contributed by atoms with Gasteiger partial charge in [0.05, 0.1) is 23.7 Å². The average Bonchev–Trinajstić information content (AvgIpc) is 2.99. The summed E-state index contributed by atoms with van der Waals surface area (Å²) in [4.78, 5) is 34.8. The maximum Gasteiger partial charge on any atom is 0.267 e. The summed E-state index contributed by atoms with van der Waals surface area (Å²) >= 11 is 6.51. The molecule has 2 aromatic heterocycles. The Bertz CT molecular complexity index is 1100. The van der Waals surface area contributed by atoms with E-state index in [9.17, 15) is 9.59 Å². The number of carbonyl (C=O) groups is 1. The lowest BCUT2D eigenvalue weighted by Gasteiger charge is -2.29. The van der Waals surface area contributed by atoms with Crippen LogP contribution >= 0.6 is 24.0 Å². The van der Waals surface area contributed by atoms with E-state index in [0.717, 1.165) is 5.56 Å². The number of rotatable bonds is 4. The summed E-state index contributed by atoms with van der Waals surface area (Å²) in [5.41, 5.74) is 1.69. The van der Waals surface area contributed by atoms with E-state index in [1.54, 1.807) is 18.3 Å². The van der Waals surface area contributed by atoms with Gasteiger partial charge in [-0.3, -0.25) is 18.9 Å². The second-order valence-corrected chi connectivity index (χ2v) is 8.45. The monoisotopic (exact) mass is 428 g/mol. The molecule has 150 valence electrons. The highest BCUT2D eigenvalue weighted by Gasteiger charge is 2.32. The van der Waals surface area contributed by atoms with Crippen molar-refractivity contribution in [1.29, 1.82) is 0 Å². The molecular formula is C20H20N4O3S2. The molecule has 0 bridgehead atoms. The normalized spacial score (nSPS) is 18.9. The standard InChI is InChI=1S/C20H20N4O3S2/c1-3-6-23-19(26)15(29-20(23)28)11-14-17(22-7-9-27-10-8-22)21-16-5-4-13(2)12-24(16)18(14)25/h3-5,11-12H,1,6-10H2,2H3. The third kappa shape index (κ3) is 3.73. The molecule has 2 aliphatic rings. The topological polar surface area (TPSA) is 67.2 Å². The summed E-state index contributed by atoms with van der Waals surface area (Å²) in [6.45, 7) is 8.32. The molecule has 0 unspecified atom stereocenters. The van der Waals surface area contributed by atoms with E-state index in [2.05, 4.69) is 6.58 Å². The lowest BCUT2D eigenvalue weighted by atomic mass is 10.2. The smallest absolute Gasteiger partial charge is 0.267 e. The first-order valence-electron chi connectivity index (χ1n) is 9.21. The van der Waals surface area contributed by atoms with Gasteiger partial charge in [0, 0.05) is 25.8 Å². The van der Waals surface area contributed by atoms with E-state index in [4.69, 9.17) is 21.9 Å². The Balaban J connectivity index is 1.88. The molecule has 9 heteroatoms. The van der Waals surface area contributed by atoms with E-state index in [0.29, 0.717) is 59.1 Å². The maximum atomic E-state index is 13.4. The van der Waals surface area contributed by atoms with Crippen LogP contribution in [0.5, 0.6) is 0 Å². The van der Waals surface area contributed by atoms with Gasteiger partial charge in [-0.15, -0.1) is 6.58 Å². The number of carbonyl (C=O) groups excluding carboxylic acids is 1. The number of morpholine rings is 1. The van der Waals surface area contributed by atoms with Gasteiger partial charge in [-0.1, -0.05) is 36.1 Å². The molecule has 0 N–H and O–H groups in total. The molecule has 0 aromatic carbocycles. The van der Waals surface area contributed by atoms with Crippen molar-refractivity contribution in [3.8, 4) is 0 Å². The zero-order chi connectivity index (χ0) is 20.5. The van der Waals surface area contributed by atoms with Gasteiger partial charge in [0.15, 0.2) is 0 Å². The van der Waals surface area contributed by atoms with Gasteiger partial charge in [0.25, 0.3) is 11.5 Å². The molecule has 2 aromatic rings. The van der Waals surface area contributed by atoms with Gasteiger partial charge in [-0.05, 0) is 24.6 Å². The molecule has 7 nitrogen and oxygen atoms in total. The number of fused-ring (bicyclic) bond motifs is 1. The number of amides is 1. The van der Waals surface area contributed by atoms with Gasteiger partial charge >= 0.3 is 0 Å². The van der Waals surface area contributed by atoms with Gasteiger partial charge in [-0.25, -0.2) is 4.98 Å². The fourth-order valence-electron chi connectivity index (χ4n) is 3.31. The first kappa shape index (κ1) is 19.8. The number of hydrogen-bond donors (Lipinski definition) is 0. The van der Waals surface area contributed by atoms with E-state index in [1.165, 1.54) is 21.1 Å². The summed E-state index contributed by atoms with van der Waals surface area (Å²) in [7, 11) is 0. The predicted octanol–water partition coefficient (Wildman–Crippen LogP) is 2.23. The van der Waals surface area contributed by atoms with Crippen LogP contribution in [0.3, 0.4) is 0 Å². The van der Waals surface area contributed by atoms with E-state index >= 15 is 0 Å². The number of thioether (sulfide) groups is 1. The lowest BCUT2D eigenvalue weighted by molar-refractivity contribution is -0.121. The van der Waals surface area contributed by atoms with Crippen LogP contribution < -0.4 is 10.5 Å². The van der Waals surface area contributed by atoms with Crippen LogP contribution in [-0.2, 0) is 9.53 Å². The molecule has 2 saturated heterocycles. The van der Waals surface area contributed by atoms with E-state index < -0.39 is 0 Å². The Morgan fingerprint density at radius 2 is 2.07 bits per heavy atom. The first-order valence-corrected chi connectivity index (χ1v) is 10.4. The third-order valence-electron chi connectivity index (χ3n) is 4.76. The van der Waals surface area contributed by atoms with Crippen molar-refractivity contribution in [3.05, 3.63) is 57.4 Å². The minimum absolute atomic E-state index is 0.214. The van der Waals surface area contributed by atoms with Crippen molar-refractivity contribution in [2.75, 3.05) is 37.7 Å². The van der Waals surface area contributed by atoms with Crippen LogP contribution in [0, 0.1) is 6.92 Å². The lowest BCUT2D eigenvalue weighted by Crippen LogP contribution is -2.38. The molecule has 29 heavy (non-hydrogen) atoms. The number of ether oxygens (including phenoxy) is 1. The number of anilines is 1. The highest BCUT2D eigenvalue weighted by Crippen LogP contribution is 2.33. The molecule has 0 aliphatic carbocycles. The fraction of sp³-hybridized carbons (Fsp3) is 0.300. The van der Waals surface area contributed by atoms with Crippen LogP contribution in [0.15, 0.2) is 40.7 Å². The van der Waals surface area contributed by atoms with Crippen LogP contribution in [0.1, 0.15) is 11.1 Å². The third-order valence-corrected chi connectivity index (χ3v) is 6.13. The molecule has 4 heterocycles. The van der Waals surface area contributed by atoms with Crippen molar-refractivity contribution in [1.82, 2.24) is 14.3 Å². The van der Waals surface area contributed by atoms with Crippen LogP contribution in [0.2, 0.25) is 0 Å². The summed E-state index contributed by atoms with van der Waals surface area (Å²) in [6, 6.07) is 3.75. The Morgan fingerprint density at radius 3 is 2.79 bits per heavy atom. The van der Waals surface area contributed by atoms with E-state index in [1.807, 2.05) is 24.0 Å². The Labute approximate surface area is 177 Å². The second-order valence-electron chi connectivity index (χ2n) is 6.77. The Hall–Kier alpha value is -2.49. The highest BCUT2D eigenvalue weighted by molar-refractivity contribution is 8.26. The van der Waals surface area contributed by atoms with Crippen LogP contribution in [0.4, 0.5) is 5.82 Å². The zero-order valence-electron chi connectivity index (χ0n) is 16.0. The summed E-state index contributed by atoms with van der Waals surface area (Å²) < 4.78 is 7.42. The Kier molecular flexibility index (Phi) is 5.53. The first-order chi connectivity index (χ1) is 14.0. The van der Waals surface area contributed by atoms with E-state index in [-0.39, 0.29) is 11.5 Å². The molecule has 0 atom stereocenters. The number of pyridine rings is 1. The van der Waals surface area contributed by atoms with Crippen molar-refractivity contribution < 1.29 is 9.53 Å². The van der Waals surface area contributed by atoms with Gasteiger partial charge in [0.2, 0.25) is 0 Å². The van der Waals surface area contributed by atoms with Crippen LogP contribution in [-0.4, -0.2) is 57.4 Å². The Morgan fingerprint density at radius 1 is 1.31 bits per heavy atom. The molecule has 0 spiro atoms. The average molecular weight is 429 g/mol. The molecule has 0 radical (unpaired) electrons. The van der Waals surface area contributed by atoms with Gasteiger partial charge in [0.1, 0.15) is 15.8 Å². The van der Waals surface area contributed by atoms with Crippen LogP contribution in [0.25, 0.3) is 11.7 Å². The molecule has 0 saturated carbocycles. The minimum atomic E-state index is -0.221. The molecular weight excluding hydrogens is 408 g/mol. The quantitative estimate of drug-likeness (QED) is 0.420. The molecule has 2 fully saturated rings. The summed E-state index contributed by atoms with van der Waals surface area (Å²) in [5.74, 6) is 0.345. The second kappa shape index (κ2) is 8.10. The van der Waals surface area contributed by atoms with Gasteiger partial charge < -0.3 is 9.64 Å². The summed E-state index contributed by atoms with van der Waals surface area (Å²) in [6.07, 6.45) is 5.01. The SMILES string of the molecule is C=CCN1C(=O)C(=Cc2c(N3CCOCC3)nc3ccc(C)cn3c2=O)SC1=S. The van der Waals surface area contributed by atoms with Crippen molar-refractivity contribution in [3.63, 3.8) is 0 Å². The number of hydrogen-bond acceptors (Lipinski definition) is 7. The predicted molar refractivity (Wildman–Crippen MR) is 119 cm³/mol. The van der Waals surface area contributed by atoms with Crippen molar-refractivity contribution in [2.45, 2.75) is 6.92 Å². The fourth-order valence-corrected chi connectivity index (χ4v) is 4.56.